The normalized spacial score (nSPS) is 11.9. The Kier molecular flexibility index (Phi) is 6.71. The van der Waals surface area contributed by atoms with E-state index in [1.807, 2.05) is 13.8 Å². The molecule has 0 saturated heterocycles. The number of methoxy groups -OCH3 is 1. The van der Waals surface area contributed by atoms with Crippen molar-refractivity contribution in [3.05, 3.63) is 51.3 Å². The Morgan fingerprint density at radius 2 is 2.03 bits per heavy atom. The minimum atomic E-state index is -1.09. The van der Waals surface area contributed by atoms with Gasteiger partial charge in [0.15, 0.2) is 6.10 Å². The van der Waals surface area contributed by atoms with Gasteiger partial charge >= 0.3 is 5.97 Å². The molecule has 0 saturated carbocycles. The summed E-state index contributed by atoms with van der Waals surface area (Å²) in [5.74, 6) is -1.17. The molecule has 0 bridgehead atoms. The van der Waals surface area contributed by atoms with E-state index < -0.39 is 22.9 Å². The molecule has 0 aliphatic heterocycles. The molecule has 1 heterocycles. The van der Waals surface area contributed by atoms with Crippen LogP contribution in [0.25, 0.3) is 6.08 Å². The van der Waals surface area contributed by atoms with Crippen LogP contribution in [0, 0.1) is 24.0 Å². The number of nitrogens with one attached hydrogen (secondary N) is 1. The van der Waals surface area contributed by atoms with E-state index in [1.54, 1.807) is 17.8 Å². The molecule has 1 atom stereocenters. The Labute approximate surface area is 167 Å². The third kappa shape index (κ3) is 5.18. The first kappa shape index (κ1) is 21.6. The van der Waals surface area contributed by atoms with Gasteiger partial charge in [0, 0.05) is 30.4 Å². The van der Waals surface area contributed by atoms with E-state index in [0.717, 1.165) is 17.0 Å². The van der Waals surface area contributed by atoms with Gasteiger partial charge in [-0.25, -0.2) is 4.79 Å². The maximum Gasteiger partial charge on any atom is 0.331 e. The average molecular weight is 402 g/mol. The van der Waals surface area contributed by atoms with Gasteiger partial charge in [-0.2, -0.15) is 5.10 Å². The number of anilines is 1. The molecule has 2 rings (SSSR count). The molecule has 1 aromatic heterocycles. The molecule has 1 aromatic carbocycles. The van der Waals surface area contributed by atoms with Crippen molar-refractivity contribution in [3.63, 3.8) is 0 Å². The largest absolute Gasteiger partial charge is 0.494 e. The van der Waals surface area contributed by atoms with Gasteiger partial charge in [-0.05, 0) is 32.9 Å². The van der Waals surface area contributed by atoms with Crippen molar-refractivity contribution in [1.82, 2.24) is 9.78 Å². The molecule has 0 aliphatic carbocycles. The summed E-state index contributed by atoms with van der Waals surface area (Å²) in [7, 11) is 3.13. The van der Waals surface area contributed by atoms with Crippen molar-refractivity contribution in [2.24, 2.45) is 7.05 Å². The number of aryl methyl sites for hydroxylation is 2. The van der Waals surface area contributed by atoms with E-state index in [1.165, 1.54) is 38.3 Å². The first-order valence-electron chi connectivity index (χ1n) is 8.66. The van der Waals surface area contributed by atoms with E-state index in [-0.39, 0.29) is 17.1 Å². The lowest BCUT2D eigenvalue weighted by molar-refractivity contribution is -0.384. The summed E-state index contributed by atoms with van der Waals surface area (Å²) in [6, 6.07) is 3.76. The molecular weight excluding hydrogens is 380 g/mol. The predicted molar refractivity (Wildman–Crippen MR) is 106 cm³/mol. The molecule has 0 fully saturated rings. The number of hydrogen-bond donors (Lipinski definition) is 1. The first-order chi connectivity index (χ1) is 13.6. The van der Waals surface area contributed by atoms with E-state index in [4.69, 9.17) is 9.47 Å². The maximum absolute atomic E-state index is 12.3. The summed E-state index contributed by atoms with van der Waals surface area (Å²) >= 11 is 0. The van der Waals surface area contributed by atoms with Crippen molar-refractivity contribution in [2.75, 3.05) is 12.4 Å². The zero-order chi connectivity index (χ0) is 21.7. The molecule has 0 spiro atoms. The van der Waals surface area contributed by atoms with E-state index in [2.05, 4.69) is 10.4 Å². The zero-order valence-corrected chi connectivity index (χ0v) is 16.8. The summed E-state index contributed by atoms with van der Waals surface area (Å²) < 4.78 is 11.9. The van der Waals surface area contributed by atoms with Gasteiger partial charge in [0.1, 0.15) is 5.75 Å². The number of hydrogen-bond acceptors (Lipinski definition) is 7. The van der Waals surface area contributed by atoms with Crippen LogP contribution >= 0.6 is 0 Å². The number of nitro benzene ring substituents is 1. The minimum Gasteiger partial charge on any atom is -0.494 e. The van der Waals surface area contributed by atoms with Gasteiger partial charge < -0.3 is 14.8 Å². The van der Waals surface area contributed by atoms with E-state index in [0.29, 0.717) is 0 Å². The Morgan fingerprint density at radius 3 is 2.59 bits per heavy atom. The van der Waals surface area contributed by atoms with Crippen molar-refractivity contribution in [3.8, 4) is 5.75 Å². The summed E-state index contributed by atoms with van der Waals surface area (Å²) in [6.45, 7) is 5.11. The van der Waals surface area contributed by atoms with Crippen LogP contribution in [0.4, 0.5) is 11.4 Å². The van der Waals surface area contributed by atoms with Crippen LogP contribution in [0.5, 0.6) is 5.75 Å². The topological polar surface area (TPSA) is 126 Å². The van der Waals surface area contributed by atoms with Gasteiger partial charge in [0.2, 0.25) is 0 Å². The fraction of sp³-hybridized carbons (Fsp3) is 0.316. The van der Waals surface area contributed by atoms with Crippen LogP contribution in [-0.2, 0) is 21.4 Å². The van der Waals surface area contributed by atoms with Crippen molar-refractivity contribution in [1.29, 1.82) is 0 Å². The van der Waals surface area contributed by atoms with Crippen LogP contribution < -0.4 is 10.1 Å². The fourth-order valence-corrected chi connectivity index (χ4v) is 2.58. The van der Waals surface area contributed by atoms with Crippen LogP contribution in [-0.4, -0.2) is 39.8 Å². The lowest BCUT2D eigenvalue weighted by Gasteiger charge is -2.14. The van der Waals surface area contributed by atoms with Gasteiger partial charge in [-0.15, -0.1) is 0 Å². The van der Waals surface area contributed by atoms with Crippen molar-refractivity contribution < 1.29 is 24.0 Å². The number of rotatable bonds is 7. The number of nitrogens with zero attached hydrogens (tertiary/aromatic N) is 3. The molecule has 154 valence electrons. The van der Waals surface area contributed by atoms with E-state index >= 15 is 0 Å². The Bertz CT molecular complexity index is 979. The molecule has 1 amide bonds. The number of esters is 1. The van der Waals surface area contributed by atoms with Crippen molar-refractivity contribution in [2.45, 2.75) is 26.9 Å². The molecule has 29 heavy (non-hydrogen) atoms. The average Bonchev–Trinajstić information content (AvgIpc) is 2.91. The number of amides is 1. The molecule has 10 heteroatoms. The van der Waals surface area contributed by atoms with Crippen LogP contribution in [0.15, 0.2) is 24.3 Å². The maximum atomic E-state index is 12.3. The number of benzene rings is 1. The van der Waals surface area contributed by atoms with Crippen LogP contribution in [0.1, 0.15) is 23.9 Å². The van der Waals surface area contributed by atoms with Crippen LogP contribution in [0.2, 0.25) is 0 Å². The highest BCUT2D eigenvalue weighted by molar-refractivity contribution is 5.97. The third-order valence-corrected chi connectivity index (χ3v) is 4.27. The molecule has 10 nitrogen and oxygen atoms in total. The Hall–Kier alpha value is -3.69. The molecule has 2 aromatic rings. The Balaban J connectivity index is 2.02. The number of ether oxygens (including phenoxy) is 2. The van der Waals surface area contributed by atoms with E-state index in [9.17, 15) is 19.7 Å². The molecular formula is C19H22N4O6. The van der Waals surface area contributed by atoms with Gasteiger partial charge in [0.25, 0.3) is 11.6 Å². The molecule has 0 unspecified atom stereocenters. The highest BCUT2D eigenvalue weighted by Crippen LogP contribution is 2.29. The second-order valence-corrected chi connectivity index (χ2v) is 6.25. The SMILES string of the molecule is COc1cc([N+](=O)[O-])ccc1NC(=O)[C@H](C)OC(=O)/C=C/c1c(C)nn(C)c1C. The highest BCUT2D eigenvalue weighted by atomic mass is 16.6. The van der Waals surface area contributed by atoms with Gasteiger partial charge in [-0.3, -0.25) is 19.6 Å². The molecule has 0 radical (unpaired) electrons. The number of nitro groups is 1. The second-order valence-electron chi connectivity index (χ2n) is 6.25. The lowest BCUT2D eigenvalue weighted by atomic mass is 10.2. The molecule has 0 aliphatic rings. The van der Waals surface area contributed by atoms with Crippen molar-refractivity contribution >= 4 is 29.3 Å². The number of carbonyl (C=O) groups excluding carboxylic acids is 2. The summed E-state index contributed by atoms with van der Waals surface area (Å²) in [5, 5.41) is 17.6. The third-order valence-electron chi connectivity index (χ3n) is 4.27. The minimum absolute atomic E-state index is 0.119. The quantitative estimate of drug-likeness (QED) is 0.326. The van der Waals surface area contributed by atoms with Crippen LogP contribution in [0.3, 0.4) is 0 Å². The Morgan fingerprint density at radius 1 is 1.34 bits per heavy atom. The number of aromatic nitrogens is 2. The summed E-state index contributed by atoms with van der Waals surface area (Å²) in [4.78, 5) is 34.6. The standard InChI is InChI=1S/C19H22N4O6/c1-11-15(12(2)22(4)21-11)7-9-18(24)29-13(3)19(25)20-16-8-6-14(23(26)27)10-17(16)28-5/h6-10,13H,1-5H3,(H,20,25)/b9-7+/t13-/m0/s1. The monoisotopic (exact) mass is 402 g/mol. The summed E-state index contributed by atoms with van der Waals surface area (Å²) in [5.41, 5.74) is 2.51. The van der Waals surface area contributed by atoms with Gasteiger partial charge in [0.05, 0.1) is 29.5 Å². The van der Waals surface area contributed by atoms with Gasteiger partial charge in [-0.1, -0.05) is 0 Å². The first-order valence-corrected chi connectivity index (χ1v) is 8.66. The molecule has 1 N–H and O–H groups in total. The number of non-ortho nitro benzene ring substituents is 1. The lowest BCUT2D eigenvalue weighted by Crippen LogP contribution is -2.29. The highest BCUT2D eigenvalue weighted by Gasteiger charge is 2.20. The number of carbonyl (C=O) groups is 2. The predicted octanol–water partition coefficient (Wildman–Crippen LogP) is 2.54. The summed E-state index contributed by atoms with van der Waals surface area (Å²) in [6.07, 6.45) is 1.72. The fourth-order valence-electron chi connectivity index (χ4n) is 2.58. The second kappa shape index (κ2) is 9.00. The zero-order valence-electron chi connectivity index (χ0n) is 16.8. The smallest absolute Gasteiger partial charge is 0.331 e.